The summed E-state index contributed by atoms with van der Waals surface area (Å²) in [7, 11) is -3.65. The van der Waals surface area contributed by atoms with Crippen molar-refractivity contribution in [3.63, 3.8) is 0 Å². The number of benzene rings is 2. The lowest BCUT2D eigenvalue weighted by atomic mass is 9.74. The number of hydrogen-bond donors (Lipinski definition) is 1. The second-order valence-electron chi connectivity index (χ2n) is 6.61. The number of halogens is 1. The van der Waals surface area contributed by atoms with Crippen molar-refractivity contribution < 1.29 is 18.3 Å². The van der Waals surface area contributed by atoms with Crippen LogP contribution in [0.4, 0.5) is 0 Å². The Bertz CT molecular complexity index is 874. The standard InChI is InChI=1S/C19H20ClNO4S/c20-16-6-8-17(9-7-16)26(24,25)21-12-10-19(11-13-21,18(22)23)14-15-4-2-1-3-5-15/h1-9H,10-14H2,(H,22,23). The van der Waals surface area contributed by atoms with E-state index < -0.39 is 21.4 Å². The maximum atomic E-state index is 12.8. The molecule has 138 valence electrons. The highest BCUT2D eigenvalue weighted by atomic mass is 35.5. The van der Waals surface area contributed by atoms with Crippen molar-refractivity contribution in [3.05, 3.63) is 65.2 Å². The van der Waals surface area contributed by atoms with Gasteiger partial charge in [0.1, 0.15) is 0 Å². The maximum absolute atomic E-state index is 12.8. The van der Waals surface area contributed by atoms with Gasteiger partial charge in [-0.2, -0.15) is 4.31 Å². The largest absolute Gasteiger partial charge is 0.481 e. The third kappa shape index (κ3) is 3.77. The third-order valence-corrected chi connectivity index (χ3v) is 7.13. The van der Waals surface area contributed by atoms with Gasteiger partial charge in [0.2, 0.25) is 10.0 Å². The molecule has 5 nitrogen and oxygen atoms in total. The Hall–Kier alpha value is -1.89. The van der Waals surface area contributed by atoms with Gasteiger partial charge in [0.15, 0.2) is 0 Å². The summed E-state index contributed by atoms with van der Waals surface area (Å²) in [6.07, 6.45) is 0.964. The van der Waals surface area contributed by atoms with Gasteiger partial charge in [-0.3, -0.25) is 4.79 Å². The average Bonchev–Trinajstić information content (AvgIpc) is 2.63. The van der Waals surface area contributed by atoms with Gasteiger partial charge >= 0.3 is 5.97 Å². The first-order valence-electron chi connectivity index (χ1n) is 8.37. The van der Waals surface area contributed by atoms with E-state index in [0.29, 0.717) is 11.4 Å². The Balaban J connectivity index is 1.77. The van der Waals surface area contributed by atoms with Crippen LogP contribution < -0.4 is 0 Å². The zero-order valence-electron chi connectivity index (χ0n) is 14.1. The highest BCUT2D eigenvalue weighted by Crippen LogP contribution is 2.37. The lowest BCUT2D eigenvalue weighted by molar-refractivity contribution is -0.151. The topological polar surface area (TPSA) is 74.7 Å². The van der Waals surface area contributed by atoms with Gasteiger partial charge in [-0.15, -0.1) is 0 Å². The summed E-state index contributed by atoms with van der Waals surface area (Å²) >= 11 is 5.82. The van der Waals surface area contributed by atoms with Crippen LogP contribution in [-0.4, -0.2) is 36.9 Å². The average molecular weight is 394 g/mol. The van der Waals surface area contributed by atoms with Gasteiger partial charge in [0, 0.05) is 18.1 Å². The zero-order chi connectivity index (χ0) is 18.8. The molecule has 0 aliphatic carbocycles. The minimum absolute atomic E-state index is 0.174. The van der Waals surface area contributed by atoms with E-state index in [1.54, 1.807) is 0 Å². The molecule has 0 atom stereocenters. The number of rotatable bonds is 5. The van der Waals surface area contributed by atoms with Crippen molar-refractivity contribution in [1.82, 2.24) is 4.31 Å². The lowest BCUT2D eigenvalue weighted by Crippen LogP contribution is -2.47. The predicted molar refractivity (Wildman–Crippen MR) is 99.7 cm³/mol. The van der Waals surface area contributed by atoms with Crippen LogP contribution in [0.3, 0.4) is 0 Å². The molecular weight excluding hydrogens is 374 g/mol. The van der Waals surface area contributed by atoms with E-state index in [1.807, 2.05) is 30.3 Å². The molecule has 1 N–H and O–H groups in total. The van der Waals surface area contributed by atoms with Gasteiger partial charge in [-0.1, -0.05) is 41.9 Å². The molecule has 1 aliphatic rings. The number of carbonyl (C=O) groups is 1. The number of piperidine rings is 1. The minimum atomic E-state index is -3.65. The molecular formula is C19H20ClNO4S. The van der Waals surface area contributed by atoms with E-state index in [2.05, 4.69) is 0 Å². The molecule has 0 bridgehead atoms. The number of aliphatic carboxylic acids is 1. The Morgan fingerprint density at radius 2 is 1.62 bits per heavy atom. The molecule has 0 amide bonds. The molecule has 0 saturated carbocycles. The predicted octanol–water partition coefficient (Wildman–Crippen LogP) is 3.44. The molecule has 1 saturated heterocycles. The van der Waals surface area contributed by atoms with Crippen LogP contribution in [0.1, 0.15) is 18.4 Å². The molecule has 1 heterocycles. The van der Waals surface area contributed by atoms with Crippen LogP contribution in [0, 0.1) is 5.41 Å². The molecule has 1 aliphatic heterocycles. The van der Waals surface area contributed by atoms with E-state index in [-0.39, 0.29) is 30.8 Å². The van der Waals surface area contributed by atoms with Crippen LogP contribution in [0.25, 0.3) is 0 Å². The van der Waals surface area contributed by atoms with Crippen LogP contribution in [-0.2, 0) is 21.2 Å². The molecule has 26 heavy (non-hydrogen) atoms. The molecule has 0 radical (unpaired) electrons. The first-order chi connectivity index (χ1) is 12.3. The number of carboxylic acid groups (broad SMARTS) is 1. The molecule has 2 aromatic rings. The first kappa shape index (κ1) is 18.9. The third-order valence-electron chi connectivity index (χ3n) is 4.97. The van der Waals surface area contributed by atoms with Gasteiger partial charge in [0.05, 0.1) is 10.3 Å². The fourth-order valence-corrected chi connectivity index (χ4v) is 4.93. The second kappa shape index (κ2) is 7.39. The minimum Gasteiger partial charge on any atom is -0.481 e. The molecule has 0 spiro atoms. The fourth-order valence-electron chi connectivity index (χ4n) is 3.36. The highest BCUT2D eigenvalue weighted by Gasteiger charge is 2.44. The van der Waals surface area contributed by atoms with Gasteiger partial charge < -0.3 is 5.11 Å². The normalized spacial score (nSPS) is 17.7. The number of nitrogens with zero attached hydrogens (tertiary/aromatic N) is 1. The van der Waals surface area contributed by atoms with Crippen molar-refractivity contribution >= 4 is 27.6 Å². The van der Waals surface area contributed by atoms with E-state index in [1.165, 1.54) is 28.6 Å². The monoisotopic (exact) mass is 393 g/mol. The van der Waals surface area contributed by atoms with E-state index in [4.69, 9.17) is 11.6 Å². The summed E-state index contributed by atoms with van der Waals surface area (Å²) in [4.78, 5) is 12.1. The van der Waals surface area contributed by atoms with E-state index >= 15 is 0 Å². The Labute approximate surface area is 158 Å². The Morgan fingerprint density at radius 1 is 1.04 bits per heavy atom. The van der Waals surface area contributed by atoms with Crippen LogP contribution in [0.15, 0.2) is 59.5 Å². The maximum Gasteiger partial charge on any atom is 0.310 e. The summed E-state index contributed by atoms with van der Waals surface area (Å²) in [6.45, 7) is 0.369. The number of carboxylic acids is 1. The SMILES string of the molecule is O=C(O)C1(Cc2ccccc2)CCN(S(=O)(=O)c2ccc(Cl)cc2)CC1. The fraction of sp³-hybridized carbons (Fsp3) is 0.316. The Kier molecular flexibility index (Phi) is 5.37. The number of hydrogen-bond acceptors (Lipinski definition) is 3. The van der Waals surface area contributed by atoms with Crippen LogP contribution >= 0.6 is 11.6 Å². The smallest absolute Gasteiger partial charge is 0.310 e. The summed E-state index contributed by atoms with van der Waals surface area (Å²) in [5, 5.41) is 10.3. The summed E-state index contributed by atoms with van der Waals surface area (Å²) in [5.41, 5.74) is 0.0109. The molecule has 0 aromatic heterocycles. The van der Waals surface area contributed by atoms with E-state index in [0.717, 1.165) is 5.56 Å². The van der Waals surface area contributed by atoms with Crippen molar-refractivity contribution in [2.45, 2.75) is 24.2 Å². The lowest BCUT2D eigenvalue weighted by Gasteiger charge is -2.38. The summed E-state index contributed by atoms with van der Waals surface area (Å²) in [5.74, 6) is -0.870. The molecule has 0 unspecified atom stereocenters. The van der Waals surface area contributed by atoms with Gasteiger partial charge in [0.25, 0.3) is 0 Å². The van der Waals surface area contributed by atoms with Crippen LogP contribution in [0.5, 0.6) is 0 Å². The van der Waals surface area contributed by atoms with Crippen LogP contribution in [0.2, 0.25) is 5.02 Å². The highest BCUT2D eigenvalue weighted by molar-refractivity contribution is 7.89. The summed E-state index contributed by atoms with van der Waals surface area (Å²) in [6, 6.07) is 15.5. The van der Waals surface area contributed by atoms with Gasteiger partial charge in [-0.05, 0) is 49.1 Å². The molecule has 7 heteroatoms. The summed E-state index contributed by atoms with van der Waals surface area (Å²) < 4.78 is 26.9. The van der Waals surface area contributed by atoms with Crippen molar-refractivity contribution in [2.24, 2.45) is 5.41 Å². The van der Waals surface area contributed by atoms with Crippen molar-refractivity contribution in [1.29, 1.82) is 0 Å². The first-order valence-corrected chi connectivity index (χ1v) is 10.2. The van der Waals surface area contributed by atoms with Gasteiger partial charge in [-0.25, -0.2) is 8.42 Å². The Morgan fingerprint density at radius 3 is 2.15 bits per heavy atom. The quantitative estimate of drug-likeness (QED) is 0.844. The molecule has 2 aromatic carbocycles. The van der Waals surface area contributed by atoms with E-state index in [9.17, 15) is 18.3 Å². The molecule has 1 fully saturated rings. The second-order valence-corrected chi connectivity index (χ2v) is 8.98. The zero-order valence-corrected chi connectivity index (χ0v) is 15.7. The van der Waals surface area contributed by atoms with Crippen molar-refractivity contribution in [2.75, 3.05) is 13.1 Å². The number of sulfonamides is 1. The van der Waals surface area contributed by atoms with Crippen molar-refractivity contribution in [3.8, 4) is 0 Å². The molecule has 3 rings (SSSR count).